The molecular weight excluding hydrogens is 1120 g/mol. The molecule has 84 heavy (non-hydrogen) atoms. The van der Waals surface area contributed by atoms with Gasteiger partial charge in [-0.1, -0.05) is 60.1 Å². The Kier molecular flexibility index (Phi) is 19.1. The number of allylic oxidation sites excluding steroid dienone is 1. The summed E-state index contributed by atoms with van der Waals surface area (Å²) in [7, 11) is 0. The van der Waals surface area contributed by atoms with Crippen molar-refractivity contribution < 1.29 is 134 Å². The molecule has 31 atom stereocenters. The van der Waals surface area contributed by atoms with Gasteiger partial charge in [0.2, 0.25) is 0 Å². The van der Waals surface area contributed by atoms with Crippen molar-refractivity contribution in [2.75, 3.05) is 33.0 Å². The fourth-order valence-electron chi connectivity index (χ4n) is 17.3. The van der Waals surface area contributed by atoms with E-state index in [2.05, 4.69) is 19.9 Å². The van der Waals surface area contributed by atoms with Crippen molar-refractivity contribution in [2.45, 2.75) is 248 Å². The van der Waals surface area contributed by atoms with Gasteiger partial charge in [-0.25, -0.2) is 0 Å². The second-order valence-electron chi connectivity index (χ2n) is 27.3. The Morgan fingerprint density at radius 3 is 1.76 bits per heavy atom. The van der Waals surface area contributed by atoms with Crippen LogP contribution in [0, 0.1) is 50.2 Å². The zero-order valence-electron chi connectivity index (χ0n) is 49.1. The second-order valence-corrected chi connectivity index (χ2v) is 27.3. The van der Waals surface area contributed by atoms with Crippen LogP contribution in [-0.4, -0.2) is 269 Å². The molecule has 8 fully saturated rings. The molecule has 482 valence electrons. The molecule has 4 saturated carbocycles. The lowest BCUT2D eigenvalue weighted by Crippen LogP contribution is -2.76. The van der Waals surface area contributed by atoms with E-state index < -0.39 is 231 Å². The maximum absolute atomic E-state index is 12.9. The highest BCUT2D eigenvalue weighted by atomic mass is 16.8. The van der Waals surface area contributed by atoms with E-state index in [1.807, 2.05) is 34.6 Å². The molecule has 9 aliphatic rings. The highest BCUT2D eigenvalue weighted by Gasteiger charge is 2.76. The molecule has 27 nitrogen and oxygen atoms in total. The van der Waals surface area contributed by atoms with Gasteiger partial charge in [-0.05, 0) is 72.5 Å². The van der Waals surface area contributed by atoms with Crippen molar-refractivity contribution in [3.8, 4) is 0 Å². The summed E-state index contributed by atoms with van der Waals surface area (Å²) in [4.78, 5) is 25.5. The number of carbonyl (C=O) groups excluding carboxylic acids is 2. The lowest BCUT2D eigenvalue weighted by molar-refractivity contribution is -0.392. The van der Waals surface area contributed by atoms with Crippen molar-refractivity contribution in [2.24, 2.45) is 50.2 Å². The fraction of sp³-hybridized carbons (Fsp3) is 0.930. The van der Waals surface area contributed by atoms with E-state index in [-0.39, 0.29) is 11.8 Å². The van der Waals surface area contributed by atoms with Crippen molar-refractivity contribution in [1.82, 2.24) is 0 Å². The van der Waals surface area contributed by atoms with E-state index >= 15 is 0 Å². The van der Waals surface area contributed by atoms with Crippen molar-refractivity contribution in [3.05, 3.63) is 11.6 Å². The van der Waals surface area contributed by atoms with Gasteiger partial charge in [0, 0.05) is 24.7 Å². The van der Waals surface area contributed by atoms with Crippen LogP contribution < -0.4 is 0 Å². The lowest BCUT2D eigenvalue weighted by atomic mass is 9.32. The quantitative estimate of drug-likeness (QED) is 0.0449. The summed E-state index contributed by atoms with van der Waals surface area (Å²) in [5.74, 6) is -2.22. The van der Waals surface area contributed by atoms with Gasteiger partial charge in [0.15, 0.2) is 31.3 Å². The average Bonchev–Trinajstić information content (AvgIpc) is 0.678. The summed E-state index contributed by atoms with van der Waals surface area (Å²) >= 11 is 0. The number of hydrogen-bond donors (Lipinski definition) is 15. The van der Waals surface area contributed by atoms with Crippen molar-refractivity contribution in [1.29, 1.82) is 0 Å². The number of aliphatic hydroxyl groups is 15. The van der Waals surface area contributed by atoms with Gasteiger partial charge >= 0.3 is 11.9 Å². The zero-order chi connectivity index (χ0) is 61.9. The van der Waals surface area contributed by atoms with Crippen LogP contribution >= 0.6 is 0 Å². The maximum atomic E-state index is 12.9. The van der Waals surface area contributed by atoms with Crippen LogP contribution in [0.4, 0.5) is 0 Å². The SMILES string of the molecule is CC(=O)OC1C(OC(C)=O)C2(CO)C(CC1(C)C)C1=CCC3C4(C)CCC(OC5OC(COC6OCC(O)C(O)C6O)C(O)C(O)C5OC5OC(CO)C(OC6OC(CO)C(O)C(O)C6O)C(O)C5O)C(C)(C)C4CCC3(C)C1(C)C(O)C2O. The summed E-state index contributed by atoms with van der Waals surface area (Å²) in [6, 6.07) is 0. The Bertz CT molecular complexity index is 2360. The second kappa shape index (κ2) is 24.2. The Morgan fingerprint density at radius 1 is 0.583 bits per heavy atom. The Hall–Kier alpha value is -2.24. The number of aliphatic hydroxyl groups excluding tert-OH is 15. The minimum absolute atomic E-state index is 0.122. The smallest absolute Gasteiger partial charge is 0.303 e. The molecule has 4 heterocycles. The highest BCUT2D eigenvalue weighted by Crippen LogP contribution is 2.76. The molecule has 31 unspecified atom stereocenters. The van der Waals surface area contributed by atoms with Crippen LogP contribution in [0.25, 0.3) is 0 Å². The molecule has 0 aromatic heterocycles. The van der Waals surface area contributed by atoms with E-state index in [1.165, 1.54) is 13.8 Å². The van der Waals surface area contributed by atoms with E-state index in [1.54, 1.807) is 0 Å². The van der Waals surface area contributed by atoms with E-state index in [9.17, 15) is 86.2 Å². The standard InChI is InChI=1S/C57H92O27/c1-22(61)77-46-47(78-23(2)62)57(21-60)25(16-52(46,3)4)24-10-11-31-54(7)14-13-32(53(5,6)30(54)12-15-55(31,8)56(24,9)44(73)45(57)74)82-51-43(37(68)35(66)29(81-51)20-76-48-39(70)33(64)26(63)19-75-48)84-50-41(72)38(69)42(28(18-59)80-50)83-49-40(71)36(67)34(65)27(17-58)79-49/h10,25-51,58-60,63-74H,11-21H2,1-9H3. The number of carbonyl (C=O) groups is 2. The van der Waals surface area contributed by atoms with E-state index in [4.69, 9.17) is 47.4 Å². The lowest BCUT2D eigenvalue weighted by Gasteiger charge is -2.73. The van der Waals surface area contributed by atoms with Crippen LogP contribution in [0.2, 0.25) is 0 Å². The summed E-state index contributed by atoms with van der Waals surface area (Å²) in [6.45, 7) is 13.3. The number of fused-ring (bicyclic) bond motifs is 7. The minimum atomic E-state index is -2.07. The van der Waals surface area contributed by atoms with E-state index in [0.717, 1.165) is 5.57 Å². The van der Waals surface area contributed by atoms with Crippen LogP contribution in [0.15, 0.2) is 11.6 Å². The third-order valence-electron chi connectivity index (χ3n) is 22.1. The Labute approximate surface area is 487 Å². The van der Waals surface area contributed by atoms with E-state index in [0.29, 0.717) is 38.5 Å². The molecule has 4 aliphatic heterocycles. The Balaban J connectivity index is 0.992. The topological polar surface area (TPSA) is 430 Å². The first-order valence-electron chi connectivity index (χ1n) is 29.4. The molecular formula is C57H92O27. The summed E-state index contributed by atoms with van der Waals surface area (Å²) in [6.07, 6.45) is -34.3. The maximum Gasteiger partial charge on any atom is 0.303 e. The first-order chi connectivity index (χ1) is 39.2. The molecule has 5 aliphatic carbocycles. The minimum Gasteiger partial charge on any atom is -0.458 e. The van der Waals surface area contributed by atoms with Gasteiger partial charge in [-0.15, -0.1) is 0 Å². The van der Waals surface area contributed by atoms with Gasteiger partial charge in [0.05, 0.1) is 56.8 Å². The van der Waals surface area contributed by atoms with Crippen molar-refractivity contribution in [3.63, 3.8) is 0 Å². The van der Waals surface area contributed by atoms with Gasteiger partial charge in [0.25, 0.3) is 0 Å². The molecule has 0 amide bonds. The number of hydrogen-bond acceptors (Lipinski definition) is 27. The molecule has 9 rings (SSSR count). The normalized spacial score (nSPS) is 52.6. The third kappa shape index (κ3) is 10.6. The third-order valence-corrected chi connectivity index (χ3v) is 22.1. The summed E-state index contributed by atoms with van der Waals surface area (Å²) < 4.78 is 59.7. The van der Waals surface area contributed by atoms with Crippen molar-refractivity contribution >= 4 is 11.9 Å². The number of ether oxygens (including phenoxy) is 10. The first-order valence-corrected chi connectivity index (χ1v) is 29.4. The predicted octanol–water partition coefficient (Wildman–Crippen LogP) is -3.90. The van der Waals surface area contributed by atoms with Gasteiger partial charge in [0.1, 0.15) is 97.7 Å². The first kappa shape index (κ1) is 66.2. The van der Waals surface area contributed by atoms with Crippen LogP contribution in [-0.2, 0) is 57.0 Å². The monoisotopic (exact) mass is 1210 g/mol. The van der Waals surface area contributed by atoms with Crippen LogP contribution in [0.1, 0.15) is 101 Å². The molecule has 27 heteroatoms. The van der Waals surface area contributed by atoms with Gasteiger partial charge in [-0.2, -0.15) is 0 Å². The molecule has 0 aromatic carbocycles. The largest absolute Gasteiger partial charge is 0.458 e. The molecule has 0 radical (unpaired) electrons. The fourth-order valence-corrected chi connectivity index (χ4v) is 17.3. The zero-order valence-corrected chi connectivity index (χ0v) is 49.1. The molecule has 15 N–H and O–H groups in total. The van der Waals surface area contributed by atoms with Crippen LogP contribution in [0.3, 0.4) is 0 Å². The molecule has 0 spiro atoms. The molecule has 0 bridgehead atoms. The summed E-state index contributed by atoms with van der Waals surface area (Å²) in [5.41, 5.74) is -4.68. The summed E-state index contributed by atoms with van der Waals surface area (Å²) in [5, 5.41) is 167. The molecule has 4 saturated heterocycles. The molecule has 0 aromatic rings. The number of rotatable bonds is 14. The van der Waals surface area contributed by atoms with Crippen LogP contribution in [0.5, 0.6) is 0 Å². The Morgan fingerprint density at radius 2 is 1.14 bits per heavy atom. The van der Waals surface area contributed by atoms with Gasteiger partial charge < -0.3 is 124 Å². The highest BCUT2D eigenvalue weighted by molar-refractivity contribution is 5.68. The predicted molar refractivity (Wildman–Crippen MR) is 281 cm³/mol. The average molecular weight is 1210 g/mol. The number of esters is 2. The van der Waals surface area contributed by atoms with Gasteiger partial charge in [-0.3, -0.25) is 9.59 Å².